The summed E-state index contributed by atoms with van der Waals surface area (Å²) >= 11 is 0. The SMILES string of the molecule is Cc1cc(OCC(N)c2ccco2)ccc1C(C)C. The lowest BCUT2D eigenvalue weighted by atomic mass is 9.98. The molecule has 102 valence electrons. The van der Waals surface area contributed by atoms with E-state index >= 15 is 0 Å². The van der Waals surface area contributed by atoms with Crippen LogP contribution in [0.4, 0.5) is 0 Å². The molecular formula is C16H21NO2. The molecule has 2 aromatic rings. The average Bonchev–Trinajstić information content (AvgIpc) is 2.89. The van der Waals surface area contributed by atoms with Gasteiger partial charge in [-0.3, -0.25) is 0 Å². The summed E-state index contributed by atoms with van der Waals surface area (Å²) in [6.07, 6.45) is 1.62. The minimum Gasteiger partial charge on any atom is -0.491 e. The zero-order valence-electron chi connectivity index (χ0n) is 11.7. The van der Waals surface area contributed by atoms with Gasteiger partial charge in [0.25, 0.3) is 0 Å². The Morgan fingerprint density at radius 3 is 2.63 bits per heavy atom. The van der Waals surface area contributed by atoms with Crippen molar-refractivity contribution in [1.82, 2.24) is 0 Å². The van der Waals surface area contributed by atoms with E-state index in [-0.39, 0.29) is 6.04 Å². The van der Waals surface area contributed by atoms with E-state index in [9.17, 15) is 0 Å². The van der Waals surface area contributed by atoms with Crippen molar-refractivity contribution in [2.45, 2.75) is 32.7 Å². The molecule has 3 nitrogen and oxygen atoms in total. The van der Waals surface area contributed by atoms with E-state index in [1.165, 1.54) is 11.1 Å². The van der Waals surface area contributed by atoms with Crippen molar-refractivity contribution in [3.8, 4) is 5.75 Å². The summed E-state index contributed by atoms with van der Waals surface area (Å²) in [4.78, 5) is 0. The second-order valence-electron chi connectivity index (χ2n) is 5.11. The van der Waals surface area contributed by atoms with Gasteiger partial charge in [0.2, 0.25) is 0 Å². The molecule has 0 saturated heterocycles. The topological polar surface area (TPSA) is 48.4 Å². The van der Waals surface area contributed by atoms with Crippen molar-refractivity contribution in [3.63, 3.8) is 0 Å². The first-order valence-electron chi connectivity index (χ1n) is 6.60. The van der Waals surface area contributed by atoms with Gasteiger partial charge in [-0.2, -0.15) is 0 Å². The zero-order valence-corrected chi connectivity index (χ0v) is 11.7. The number of ether oxygens (including phenoxy) is 1. The van der Waals surface area contributed by atoms with Crippen LogP contribution in [0, 0.1) is 6.92 Å². The van der Waals surface area contributed by atoms with Gasteiger partial charge in [-0.1, -0.05) is 19.9 Å². The lowest BCUT2D eigenvalue weighted by molar-refractivity contribution is 0.272. The molecule has 0 amide bonds. The molecule has 3 heteroatoms. The molecule has 0 spiro atoms. The first-order valence-corrected chi connectivity index (χ1v) is 6.60. The summed E-state index contributed by atoms with van der Waals surface area (Å²) in [5, 5.41) is 0. The Morgan fingerprint density at radius 2 is 2.05 bits per heavy atom. The Morgan fingerprint density at radius 1 is 1.26 bits per heavy atom. The fourth-order valence-electron chi connectivity index (χ4n) is 2.16. The Kier molecular flexibility index (Phi) is 4.27. The van der Waals surface area contributed by atoms with Gasteiger partial charge in [-0.15, -0.1) is 0 Å². The fraction of sp³-hybridized carbons (Fsp3) is 0.375. The van der Waals surface area contributed by atoms with Gasteiger partial charge in [-0.05, 0) is 48.2 Å². The van der Waals surface area contributed by atoms with Crippen molar-refractivity contribution in [2.75, 3.05) is 6.61 Å². The number of hydrogen-bond acceptors (Lipinski definition) is 3. The molecule has 1 unspecified atom stereocenters. The Balaban J connectivity index is 1.98. The molecule has 2 rings (SSSR count). The van der Waals surface area contributed by atoms with E-state index in [1.54, 1.807) is 6.26 Å². The fourth-order valence-corrected chi connectivity index (χ4v) is 2.16. The van der Waals surface area contributed by atoms with E-state index < -0.39 is 0 Å². The summed E-state index contributed by atoms with van der Waals surface area (Å²) in [7, 11) is 0. The number of benzene rings is 1. The smallest absolute Gasteiger partial charge is 0.123 e. The highest BCUT2D eigenvalue weighted by molar-refractivity contribution is 5.36. The zero-order chi connectivity index (χ0) is 13.8. The quantitative estimate of drug-likeness (QED) is 0.888. The lowest BCUT2D eigenvalue weighted by Gasteiger charge is -2.14. The third-order valence-corrected chi connectivity index (χ3v) is 3.20. The van der Waals surface area contributed by atoms with Gasteiger partial charge in [0, 0.05) is 0 Å². The molecule has 1 heterocycles. The molecule has 0 aliphatic heterocycles. The Bertz CT molecular complexity index is 518. The highest BCUT2D eigenvalue weighted by Crippen LogP contribution is 2.24. The normalized spacial score (nSPS) is 12.7. The van der Waals surface area contributed by atoms with Gasteiger partial charge in [0.1, 0.15) is 18.1 Å². The van der Waals surface area contributed by atoms with Crippen LogP contribution in [-0.4, -0.2) is 6.61 Å². The standard InChI is InChI=1S/C16H21NO2/c1-11(2)14-7-6-13(9-12(14)3)19-10-15(17)16-5-4-8-18-16/h4-9,11,15H,10,17H2,1-3H3. The molecular weight excluding hydrogens is 238 g/mol. The second kappa shape index (κ2) is 5.93. The maximum absolute atomic E-state index is 5.98. The van der Waals surface area contributed by atoms with Crippen LogP contribution < -0.4 is 10.5 Å². The molecule has 0 aliphatic carbocycles. The van der Waals surface area contributed by atoms with Crippen molar-refractivity contribution in [3.05, 3.63) is 53.5 Å². The molecule has 2 N–H and O–H groups in total. The number of hydrogen-bond donors (Lipinski definition) is 1. The highest BCUT2D eigenvalue weighted by atomic mass is 16.5. The van der Waals surface area contributed by atoms with Crippen LogP contribution in [0.15, 0.2) is 41.0 Å². The summed E-state index contributed by atoms with van der Waals surface area (Å²) in [5.74, 6) is 2.12. The molecule has 0 saturated carbocycles. The largest absolute Gasteiger partial charge is 0.491 e. The van der Waals surface area contributed by atoms with Crippen molar-refractivity contribution >= 4 is 0 Å². The van der Waals surface area contributed by atoms with E-state index in [0.717, 1.165) is 11.5 Å². The van der Waals surface area contributed by atoms with Gasteiger partial charge >= 0.3 is 0 Å². The van der Waals surface area contributed by atoms with E-state index in [0.29, 0.717) is 12.5 Å². The second-order valence-corrected chi connectivity index (χ2v) is 5.11. The molecule has 1 aromatic heterocycles. The minimum absolute atomic E-state index is 0.236. The minimum atomic E-state index is -0.236. The van der Waals surface area contributed by atoms with Crippen LogP contribution in [0.3, 0.4) is 0 Å². The summed E-state index contributed by atoms with van der Waals surface area (Å²) in [6, 6.07) is 9.63. The monoisotopic (exact) mass is 259 g/mol. The molecule has 0 aliphatic rings. The van der Waals surface area contributed by atoms with Crippen LogP contribution in [-0.2, 0) is 0 Å². The van der Waals surface area contributed by atoms with E-state index in [4.69, 9.17) is 14.9 Å². The van der Waals surface area contributed by atoms with E-state index in [2.05, 4.69) is 32.9 Å². The highest BCUT2D eigenvalue weighted by Gasteiger charge is 2.10. The lowest BCUT2D eigenvalue weighted by Crippen LogP contribution is -2.18. The van der Waals surface area contributed by atoms with Gasteiger partial charge in [-0.25, -0.2) is 0 Å². The van der Waals surface area contributed by atoms with Crippen molar-refractivity contribution in [2.24, 2.45) is 5.73 Å². The molecule has 1 atom stereocenters. The van der Waals surface area contributed by atoms with Crippen LogP contribution in [0.1, 0.15) is 42.7 Å². The first-order chi connectivity index (χ1) is 9.08. The number of nitrogens with two attached hydrogens (primary N) is 1. The van der Waals surface area contributed by atoms with Crippen molar-refractivity contribution in [1.29, 1.82) is 0 Å². The number of aryl methyl sites for hydroxylation is 1. The summed E-state index contributed by atoms with van der Waals surface area (Å²) in [6.45, 7) is 6.90. The van der Waals surface area contributed by atoms with Gasteiger partial charge in [0.05, 0.1) is 12.3 Å². The third-order valence-electron chi connectivity index (χ3n) is 3.20. The molecule has 0 fully saturated rings. The molecule has 19 heavy (non-hydrogen) atoms. The van der Waals surface area contributed by atoms with Crippen LogP contribution in [0.2, 0.25) is 0 Å². The summed E-state index contributed by atoms with van der Waals surface area (Å²) in [5.41, 5.74) is 8.58. The third kappa shape index (κ3) is 3.38. The average molecular weight is 259 g/mol. The number of furan rings is 1. The maximum Gasteiger partial charge on any atom is 0.123 e. The van der Waals surface area contributed by atoms with Crippen LogP contribution in [0.25, 0.3) is 0 Å². The Labute approximate surface area is 114 Å². The predicted octanol–water partition coefficient (Wildman–Crippen LogP) is 3.79. The van der Waals surface area contributed by atoms with Crippen LogP contribution >= 0.6 is 0 Å². The number of rotatable bonds is 5. The maximum atomic E-state index is 5.98. The predicted molar refractivity (Wildman–Crippen MR) is 76.4 cm³/mol. The summed E-state index contributed by atoms with van der Waals surface area (Å²) < 4.78 is 11.0. The van der Waals surface area contributed by atoms with E-state index in [1.807, 2.05) is 18.2 Å². The molecule has 0 radical (unpaired) electrons. The van der Waals surface area contributed by atoms with Gasteiger partial charge in [0.15, 0.2) is 0 Å². The van der Waals surface area contributed by atoms with Gasteiger partial charge < -0.3 is 14.9 Å². The van der Waals surface area contributed by atoms with Crippen LogP contribution in [0.5, 0.6) is 5.75 Å². The first kappa shape index (κ1) is 13.7. The van der Waals surface area contributed by atoms with Crippen molar-refractivity contribution < 1.29 is 9.15 Å². The Hall–Kier alpha value is -1.74. The molecule has 0 bridgehead atoms. The molecule has 1 aromatic carbocycles.